The number of rotatable bonds is 9. The van der Waals surface area contributed by atoms with Crippen LogP contribution < -0.4 is 5.32 Å². The number of phenolic OH excluding ortho intramolecular Hbond substituents is 1. The van der Waals surface area contributed by atoms with Gasteiger partial charge in [0, 0.05) is 19.6 Å². The van der Waals surface area contributed by atoms with Crippen molar-refractivity contribution in [2.24, 2.45) is 0 Å². The van der Waals surface area contributed by atoms with Crippen molar-refractivity contribution in [3.05, 3.63) is 29.8 Å². The highest BCUT2D eigenvalue weighted by atomic mass is 16.3. The van der Waals surface area contributed by atoms with Gasteiger partial charge in [0.1, 0.15) is 5.75 Å². The van der Waals surface area contributed by atoms with Crippen molar-refractivity contribution in [2.45, 2.75) is 46.0 Å². The summed E-state index contributed by atoms with van der Waals surface area (Å²) in [5.41, 5.74) is 1.00. The van der Waals surface area contributed by atoms with Gasteiger partial charge in [0.05, 0.1) is 0 Å². The SMILES string of the molecule is CCCCN(CCCC)C(=O)C(=O)NCCc1ccc(O)cc1. The number of unbranched alkanes of at least 4 members (excludes halogenated alkanes) is 2. The van der Waals surface area contributed by atoms with E-state index < -0.39 is 11.8 Å². The molecular weight excluding hydrogens is 292 g/mol. The standard InChI is InChI=1S/C18H28N2O3/c1-3-5-13-20(14-6-4-2)18(23)17(22)19-12-11-15-7-9-16(21)10-8-15/h7-10,21H,3-6,11-14H2,1-2H3,(H,19,22). The maximum Gasteiger partial charge on any atom is 0.311 e. The molecule has 0 bridgehead atoms. The Bertz CT molecular complexity index is 478. The fourth-order valence-electron chi connectivity index (χ4n) is 2.22. The molecule has 1 aromatic rings. The van der Waals surface area contributed by atoms with Crippen LogP contribution >= 0.6 is 0 Å². The summed E-state index contributed by atoms with van der Waals surface area (Å²) in [6, 6.07) is 6.83. The molecule has 0 radical (unpaired) electrons. The minimum Gasteiger partial charge on any atom is -0.508 e. The molecule has 2 amide bonds. The summed E-state index contributed by atoms with van der Waals surface area (Å²) < 4.78 is 0. The number of hydrogen-bond acceptors (Lipinski definition) is 3. The second kappa shape index (κ2) is 10.6. The number of benzene rings is 1. The number of carbonyl (C=O) groups excluding carboxylic acids is 2. The Morgan fingerprint density at radius 1 is 1.04 bits per heavy atom. The van der Waals surface area contributed by atoms with Gasteiger partial charge in [-0.25, -0.2) is 0 Å². The number of hydrogen-bond donors (Lipinski definition) is 2. The molecule has 128 valence electrons. The molecular formula is C18H28N2O3. The Morgan fingerprint density at radius 2 is 1.61 bits per heavy atom. The van der Waals surface area contributed by atoms with Crippen molar-refractivity contribution in [2.75, 3.05) is 19.6 Å². The van der Waals surface area contributed by atoms with Crippen LogP contribution in [0.1, 0.15) is 45.1 Å². The molecule has 0 heterocycles. The molecule has 0 aliphatic heterocycles. The lowest BCUT2D eigenvalue weighted by Crippen LogP contribution is -2.44. The highest BCUT2D eigenvalue weighted by molar-refractivity contribution is 6.35. The molecule has 0 unspecified atom stereocenters. The van der Waals surface area contributed by atoms with Gasteiger partial charge in [0.25, 0.3) is 0 Å². The van der Waals surface area contributed by atoms with E-state index >= 15 is 0 Å². The zero-order valence-electron chi connectivity index (χ0n) is 14.2. The van der Waals surface area contributed by atoms with E-state index in [9.17, 15) is 14.7 Å². The highest BCUT2D eigenvalue weighted by Crippen LogP contribution is 2.09. The quantitative estimate of drug-likeness (QED) is 0.687. The van der Waals surface area contributed by atoms with Gasteiger partial charge in [-0.05, 0) is 37.0 Å². The van der Waals surface area contributed by atoms with Crippen molar-refractivity contribution in [1.82, 2.24) is 10.2 Å². The smallest absolute Gasteiger partial charge is 0.311 e. The Balaban J connectivity index is 2.43. The lowest BCUT2D eigenvalue weighted by molar-refractivity contribution is -0.145. The molecule has 0 atom stereocenters. The molecule has 0 saturated carbocycles. The lowest BCUT2D eigenvalue weighted by Gasteiger charge is -2.21. The summed E-state index contributed by atoms with van der Waals surface area (Å²) in [6.45, 7) is 5.83. The van der Waals surface area contributed by atoms with Gasteiger partial charge >= 0.3 is 11.8 Å². The number of carbonyl (C=O) groups is 2. The first-order valence-corrected chi connectivity index (χ1v) is 8.43. The molecule has 2 N–H and O–H groups in total. The average Bonchev–Trinajstić information content (AvgIpc) is 2.56. The molecule has 0 aliphatic carbocycles. The summed E-state index contributed by atoms with van der Waals surface area (Å²) in [6.07, 6.45) is 4.45. The predicted octanol–water partition coefficient (Wildman–Crippen LogP) is 2.48. The van der Waals surface area contributed by atoms with Crippen LogP contribution in [0.3, 0.4) is 0 Å². The van der Waals surface area contributed by atoms with Crippen molar-refractivity contribution in [3.63, 3.8) is 0 Å². The summed E-state index contributed by atoms with van der Waals surface area (Å²) in [7, 11) is 0. The highest BCUT2D eigenvalue weighted by Gasteiger charge is 2.20. The third kappa shape index (κ3) is 7.17. The van der Waals surface area contributed by atoms with Crippen LogP contribution in [-0.2, 0) is 16.0 Å². The van der Waals surface area contributed by atoms with E-state index in [1.807, 2.05) is 0 Å². The van der Waals surface area contributed by atoms with Crippen LogP contribution in [0.25, 0.3) is 0 Å². The maximum absolute atomic E-state index is 12.2. The van der Waals surface area contributed by atoms with E-state index in [1.54, 1.807) is 29.2 Å². The molecule has 0 aromatic heterocycles. The van der Waals surface area contributed by atoms with Gasteiger partial charge in [0.2, 0.25) is 0 Å². The molecule has 0 spiro atoms. The van der Waals surface area contributed by atoms with Gasteiger partial charge in [-0.2, -0.15) is 0 Å². The third-order valence-electron chi connectivity index (χ3n) is 3.68. The normalized spacial score (nSPS) is 10.3. The van der Waals surface area contributed by atoms with Gasteiger partial charge in [-0.3, -0.25) is 9.59 Å². The predicted molar refractivity (Wildman–Crippen MR) is 91.2 cm³/mol. The monoisotopic (exact) mass is 320 g/mol. The van der Waals surface area contributed by atoms with Crippen LogP contribution in [0.2, 0.25) is 0 Å². The number of phenols is 1. The first-order valence-electron chi connectivity index (χ1n) is 8.43. The van der Waals surface area contributed by atoms with Crippen LogP contribution in [0.15, 0.2) is 24.3 Å². The summed E-state index contributed by atoms with van der Waals surface area (Å²) >= 11 is 0. The van der Waals surface area contributed by atoms with Crippen molar-refractivity contribution in [3.8, 4) is 5.75 Å². The van der Waals surface area contributed by atoms with E-state index in [4.69, 9.17) is 0 Å². The van der Waals surface area contributed by atoms with Crippen molar-refractivity contribution >= 4 is 11.8 Å². The van der Waals surface area contributed by atoms with E-state index in [1.165, 1.54) is 0 Å². The van der Waals surface area contributed by atoms with Crippen LogP contribution in [0, 0.1) is 0 Å². The lowest BCUT2D eigenvalue weighted by atomic mass is 10.1. The minimum atomic E-state index is -0.531. The second-order valence-electron chi connectivity index (χ2n) is 5.67. The van der Waals surface area contributed by atoms with Crippen LogP contribution in [-0.4, -0.2) is 41.5 Å². The van der Waals surface area contributed by atoms with E-state index in [2.05, 4.69) is 19.2 Å². The average molecular weight is 320 g/mol. The fourth-order valence-corrected chi connectivity index (χ4v) is 2.22. The fraction of sp³-hybridized carbons (Fsp3) is 0.556. The first kappa shape index (κ1) is 19.0. The maximum atomic E-state index is 12.2. The van der Waals surface area contributed by atoms with Gasteiger partial charge in [-0.15, -0.1) is 0 Å². The molecule has 5 heteroatoms. The van der Waals surface area contributed by atoms with E-state index in [-0.39, 0.29) is 5.75 Å². The molecule has 1 rings (SSSR count). The van der Waals surface area contributed by atoms with E-state index in [0.717, 1.165) is 31.2 Å². The second-order valence-corrected chi connectivity index (χ2v) is 5.67. The Hall–Kier alpha value is -2.04. The van der Waals surface area contributed by atoms with E-state index in [0.29, 0.717) is 26.1 Å². The van der Waals surface area contributed by atoms with Gasteiger partial charge in [-0.1, -0.05) is 38.8 Å². The van der Waals surface area contributed by atoms with Gasteiger partial charge < -0.3 is 15.3 Å². The molecule has 23 heavy (non-hydrogen) atoms. The molecule has 0 saturated heterocycles. The largest absolute Gasteiger partial charge is 0.508 e. The zero-order valence-corrected chi connectivity index (χ0v) is 14.2. The zero-order chi connectivity index (χ0) is 17.1. The third-order valence-corrected chi connectivity index (χ3v) is 3.68. The van der Waals surface area contributed by atoms with Crippen molar-refractivity contribution in [1.29, 1.82) is 0 Å². The minimum absolute atomic E-state index is 0.218. The summed E-state index contributed by atoms with van der Waals surface area (Å²) in [5, 5.41) is 11.9. The summed E-state index contributed by atoms with van der Waals surface area (Å²) in [4.78, 5) is 25.9. The topological polar surface area (TPSA) is 69.6 Å². The molecule has 5 nitrogen and oxygen atoms in total. The van der Waals surface area contributed by atoms with Crippen LogP contribution in [0.4, 0.5) is 0 Å². The Morgan fingerprint density at radius 3 is 2.13 bits per heavy atom. The first-order chi connectivity index (χ1) is 11.1. The molecule has 0 fully saturated rings. The number of nitrogens with zero attached hydrogens (tertiary/aromatic N) is 1. The molecule has 0 aliphatic rings. The Labute approximate surface area is 138 Å². The molecule has 1 aromatic carbocycles. The Kier molecular flexibility index (Phi) is 8.80. The van der Waals surface area contributed by atoms with Gasteiger partial charge in [0.15, 0.2) is 0 Å². The number of aromatic hydroxyl groups is 1. The number of nitrogens with one attached hydrogen (secondary N) is 1. The number of amides is 2. The van der Waals surface area contributed by atoms with Crippen LogP contribution in [0.5, 0.6) is 5.75 Å². The summed E-state index contributed by atoms with van der Waals surface area (Å²) in [5.74, 6) is -0.746. The van der Waals surface area contributed by atoms with Crippen molar-refractivity contribution < 1.29 is 14.7 Å².